The zero-order valence-corrected chi connectivity index (χ0v) is 31.6. The zero-order chi connectivity index (χ0) is 36.4. The fraction of sp³-hybridized carbons (Fsp3) is 0.556. The Kier molecular flexibility index (Phi) is 37.2. The van der Waals surface area contributed by atoms with Crippen molar-refractivity contribution >= 4 is 11.9 Å². The van der Waals surface area contributed by atoms with E-state index < -0.39 is 6.10 Å². The zero-order valence-electron chi connectivity index (χ0n) is 31.6. The molecular formula is C45H70O5. The Morgan fingerprint density at radius 2 is 0.800 bits per heavy atom. The van der Waals surface area contributed by atoms with Gasteiger partial charge in [-0.2, -0.15) is 0 Å². The van der Waals surface area contributed by atoms with E-state index in [4.69, 9.17) is 9.47 Å². The van der Waals surface area contributed by atoms with Crippen molar-refractivity contribution in [3.63, 3.8) is 0 Å². The quantitative estimate of drug-likeness (QED) is 0.0421. The monoisotopic (exact) mass is 691 g/mol. The summed E-state index contributed by atoms with van der Waals surface area (Å²) in [5.74, 6) is -0.731. The number of carbonyl (C=O) groups is 2. The predicted octanol–water partition coefficient (Wildman–Crippen LogP) is 12.3. The van der Waals surface area contributed by atoms with Gasteiger partial charge in [-0.15, -0.1) is 0 Å². The van der Waals surface area contributed by atoms with Gasteiger partial charge in [0, 0.05) is 12.8 Å². The van der Waals surface area contributed by atoms with E-state index in [1.54, 1.807) is 0 Å². The third-order valence-corrected chi connectivity index (χ3v) is 7.51. The summed E-state index contributed by atoms with van der Waals surface area (Å²) in [7, 11) is 0. The summed E-state index contributed by atoms with van der Waals surface area (Å²) in [5, 5.41) is 9.99. The molecule has 5 heteroatoms. The van der Waals surface area contributed by atoms with Gasteiger partial charge in [-0.25, -0.2) is 0 Å². The topological polar surface area (TPSA) is 72.8 Å². The molecule has 280 valence electrons. The van der Waals surface area contributed by atoms with Gasteiger partial charge in [0.05, 0.1) is 0 Å². The summed E-state index contributed by atoms with van der Waals surface area (Å²) in [6.07, 6.45) is 57.3. The minimum atomic E-state index is -1.02. The number of ether oxygens (including phenoxy) is 2. The Balaban J connectivity index is 3.69. The van der Waals surface area contributed by atoms with Crippen LogP contribution in [-0.2, 0) is 19.1 Å². The second kappa shape index (κ2) is 40.0. The van der Waals surface area contributed by atoms with Crippen LogP contribution in [0.4, 0.5) is 0 Å². The van der Waals surface area contributed by atoms with Crippen molar-refractivity contribution in [3.8, 4) is 0 Å². The minimum Gasteiger partial charge on any atom is -0.463 e. The van der Waals surface area contributed by atoms with Crippen LogP contribution in [0, 0.1) is 0 Å². The standard InChI is InChI=1S/C45H70O5/c1-3-5-7-9-11-13-15-17-19-21-22-24-26-28-30-32-34-36-38-40-45(48)50-42-43(46)41-49-44(47)39-37-35-33-31-29-27-25-23-20-18-16-14-12-10-8-6-4-2/h5,7,11,13,17-20,22,24-25,27-28,30-31,33-34,36,43,46H,3-4,6,8-10,12,14-16,21,23,26,29,32,35,37-42H2,1-2H3/b7-5-,13-11-,19-17-,20-18-,24-22-,27-25-,30-28-,33-31-,36-34-/t43-/m1/s1. The van der Waals surface area contributed by atoms with Gasteiger partial charge in [0.1, 0.15) is 19.3 Å². The Morgan fingerprint density at radius 1 is 0.440 bits per heavy atom. The van der Waals surface area contributed by atoms with E-state index in [2.05, 4.69) is 111 Å². The summed E-state index contributed by atoms with van der Waals surface area (Å²) < 4.78 is 10.2. The van der Waals surface area contributed by atoms with Gasteiger partial charge in [-0.3, -0.25) is 9.59 Å². The highest BCUT2D eigenvalue weighted by Crippen LogP contribution is 2.08. The highest BCUT2D eigenvalue weighted by molar-refractivity contribution is 5.70. The van der Waals surface area contributed by atoms with Crippen molar-refractivity contribution in [2.24, 2.45) is 0 Å². The van der Waals surface area contributed by atoms with Crippen molar-refractivity contribution < 1.29 is 24.2 Å². The fourth-order valence-electron chi connectivity index (χ4n) is 4.60. The Hall–Kier alpha value is -3.44. The maximum absolute atomic E-state index is 11.9. The third kappa shape index (κ3) is 39.0. The van der Waals surface area contributed by atoms with Crippen LogP contribution >= 0.6 is 0 Å². The average Bonchev–Trinajstić information content (AvgIpc) is 3.12. The molecule has 0 aromatic carbocycles. The molecule has 0 rings (SSSR count). The predicted molar refractivity (Wildman–Crippen MR) is 214 cm³/mol. The molecule has 0 unspecified atom stereocenters. The molecule has 5 nitrogen and oxygen atoms in total. The molecule has 0 heterocycles. The van der Waals surface area contributed by atoms with Crippen LogP contribution in [0.5, 0.6) is 0 Å². The summed E-state index contributed by atoms with van der Waals surface area (Å²) in [5.41, 5.74) is 0. The van der Waals surface area contributed by atoms with Gasteiger partial charge >= 0.3 is 11.9 Å². The van der Waals surface area contributed by atoms with Crippen LogP contribution in [0.3, 0.4) is 0 Å². The molecule has 0 bridgehead atoms. The smallest absolute Gasteiger partial charge is 0.306 e. The summed E-state index contributed by atoms with van der Waals surface area (Å²) >= 11 is 0. The third-order valence-electron chi connectivity index (χ3n) is 7.51. The lowest BCUT2D eigenvalue weighted by Crippen LogP contribution is -2.25. The molecule has 0 aromatic heterocycles. The largest absolute Gasteiger partial charge is 0.463 e. The lowest BCUT2D eigenvalue weighted by molar-refractivity contribution is -0.152. The van der Waals surface area contributed by atoms with E-state index in [-0.39, 0.29) is 31.6 Å². The normalized spacial score (nSPS) is 13.4. The van der Waals surface area contributed by atoms with Crippen LogP contribution < -0.4 is 0 Å². The maximum atomic E-state index is 11.9. The van der Waals surface area contributed by atoms with E-state index in [1.807, 2.05) is 12.2 Å². The van der Waals surface area contributed by atoms with Gasteiger partial charge < -0.3 is 14.6 Å². The van der Waals surface area contributed by atoms with E-state index in [0.717, 1.165) is 57.8 Å². The van der Waals surface area contributed by atoms with E-state index >= 15 is 0 Å². The molecule has 0 saturated heterocycles. The maximum Gasteiger partial charge on any atom is 0.306 e. The van der Waals surface area contributed by atoms with Crippen LogP contribution in [-0.4, -0.2) is 36.4 Å². The van der Waals surface area contributed by atoms with Crippen LogP contribution in [0.1, 0.15) is 142 Å². The van der Waals surface area contributed by atoms with Crippen molar-refractivity contribution in [2.45, 2.75) is 148 Å². The number of carbonyl (C=O) groups excluding carboxylic acids is 2. The molecule has 0 aromatic rings. The number of aliphatic hydroxyl groups excluding tert-OH is 1. The van der Waals surface area contributed by atoms with E-state index in [1.165, 1.54) is 44.9 Å². The first-order valence-corrected chi connectivity index (χ1v) is 19.4. The summed E-state index contributed by atoms with van der Waals surface area (Å²) in [4.78, 5) is 23.9. The minimum absolute atomic E-state index is 0.173. The number of rotatable bonds is 33. The van der Waals surface area contributed by atoms with Gasteiger partial charge in [-0.1, -0.05) is 155 Å². The molecule has 50 heavy (non-hydrogen) atoms. The average molecular weight is 691 g/mol. The van der Waals surface area contributed by atoms with Crippen molar-refractivity contribution in [2.75, 3.05) is 13.2 Å². The van der Waals surface area contributed by atoms with Crippen molar-refractivity contribution in [1.29, 1.82) is 0 Å². The summed E-state index contributed by atoms with van der Waals surface area (Å²) in [6, 6.07) is 0. The molecule has 0 aliphatic rings. The highest BCUT2D eigenvalue weighted by atomic mass is 16.6. The Morgan fingerprint density at radius 3 is 1.26 bits per heavy atom. The van der Waals surface area contributed by atoms with Crippen LogP contribution in [0.15, 0.2) is 109 Å². The molecule has 0 amide bonds. The fourth-order valence-corrected chi connectivity index (χ4v) is 4.60. The number of hydrogen-bond donors (Lipinski definition) is 1. The van der Waals surface area contributed by atoms with E-state index in [9.17, 15) is 14.7 Å². The lowest BCUT2D eigenvalue weighted by Gasteiger charge is -2.11. The molecule has 1 atom stereocenters. The molecule has 0 fully saturated rings. The van der Waals surface area contributed by atoms with Gasteiger partial charge in [0.25, 0.3) is 0 Å². The van der Waals surface area contributed by atoms with Crippen molar-refractivity contribution in [3.05, 3.63) is 109 Å². The molecule has 0 saturated carbocycles. The van der Waals surface area contributed by atoms with Gasteiger partial charge in [-0.05, 0) is 83.5 Å². The number of unbranched alkanes of at least 4 members (excludes halogenated alkanes) is 7. The Labute approximate surface area is 306 Å². The number of aliphatic hydroxyl groups is 1. The summed E-state index contributed by atoms with van der Waals surface area (Å²) in [6.45, 7) is 4.04. The first kappa shape index (κ1) is 46.6. The second-order valence-electron chi connectivity index (χ2n) is 12.3. The first-order chi connectivity index (χ1) is 24.6. The highest BCUT2D eigenvalue weighted by Gasteiger charge is 2.11. The molecule has 0 aliphatic carbocycles. The van der Waals surface area contributed by atoms with Crippen LogP contribution in [0.2, 0.25) is 0 Å². The molecule has 1 N–H and O–H groups in total. The molecule has 0 spiro atoms. The SMILES string of the molecule is CC/C=C\C/C=C\C/C=C\C/C=C\C/C=C\C/C=C\CCC(=O)OC[C@H](O)COC(=O)CCC/C=C\C/C=C\C/C=C\CCCCCCCC. The van der Waals surface area contributed by atoms with Gasteiger partial charge in [0.15, 0.2) is 0 Å². The number of esters is 2. The second-order valence-corrected chi connectivity index (χ2v) is 12.3. The molecular weight excluding hydrogens is 620 g/mol. The van der Waals surface area contributed by atoms with E-state index in [0.29, 0.717) is 19.3 Å². The van der Waals surface area contributed by atoms with Crippen LogP contribution in [0.25, 0.3) is 0 Å². The molecule has 0 radical (unpaired) electrons. The van der Waals surface area contributed by atoms with Crippen molar-refractivity contribution in [1.82, 2.24) is 0 Å². The lowest BCUT2D eigenvalue weighted by atomic mass is 10.1. The Bertz CT molecular complexity index is 1050. The molecule has 0 aliphatic heterocycles. The number of allylic oxidation sites excluding steroid dienone is 18. The first-order valence-electron chi connectivity index (χ1n) is 19.4. The van der Waals surface area contributed by atoms with Gasteiger partial charge in [0.2, 0.25) is 0 Å². The number of hydrogen-bond acceptors (Lipinski definition) is 5.